The summed E-state index contributed by atoms with van der Waals surface area (Å²) in [6, 6.07) is -1.54. The van der Waals surface area contributed by atoms with Gasteiger partial charge in [-0.2, -0.15) is 5.21 Å². The topological polar surface area (TPSA) is 221 Å². The third-order valence-electron chi connectivity index (χ3n) is 8.85. The van der Waals surface area contributed by atoms with Crippen LogP contribution in [0.1, 0.15) is 66.7 Å². The number of sulfonamides is 1. The van der Waals surface area contributed by atoms with Crippen LogP contribution in [0.3, 0.4) is 0 Å². The third kappa shape index (κ3) is 6.80. The summed E-state index contributed by atoms with van der Waals surface area (Å²) in [5.74, 6) is -5.17. The fourth-order valence-corrected chi connectivity index (χ4v) is 7.91. The molecule has 16 heteroatoms. The van der Waals surface area contributed by atoms with E-state index in [0.717, 1.165) is 6.42 Å². The molecule has 15 nitrogen and oxygen atoms in total. The van der Waals surface area contributed by atoms with Crippen LogP contribution in [0.2, 0.25) is 0 Å². The second kappa shape index (κ2) is 12.3. The number of ketones is 2. The van der Waals surface area contributed by atoms with Gasteiger partial charge in [-0.1, -0.05) is 32.8 Å². The zero-order valence-corrected chi connectivity index (χ0v) is 24.8. The summed E-state index contributed by atoms with van der Waals surface area (Å²) in [5.41, 5.74) is -1.53. The number of anilines is 1. The Kier molecular flexibility index (Phi) is 9.68. The number of rotatable bonds is 15. The van der Waals surface area contributed by atoms with E-state index in [2.05, 4.69) is 30.7 Å². The first-order chi connectivity index (χ1) is 19.0. The minimum absolute atomic E-state index is 0.0296. The summed E-state index contributed by atoms with van der Waals surface area (Å²) in [6.07, 6.45) is 0.475. The average Bonchev–Trinajstić information content (AvgIpc) is 3.52. The van der Waals surface area contributed by atoms with E-state index in [1.54, 1.807) is 20.8 Å². The Labute approximate surface area is 238 Å². The first-order valence-electron chi connectivity index (χ1n) is 13.6. The zero-order chi connectivity index (χ0) is 30.8. The van der Waals surface area contributed by atoms with Crippen molar-refractivity contribution in [3.05, 3.63) is 0 Å². The zero-order valence-electron chi connectivity index (χ0n) is 24.0. The molecule has 1 heterocycles. The van der Waals surface area contributed by atoms with Crippen molar-refractivity contribution in [2.24, 2.45) is 28.6 Å². The second-order valence-electron chi connectivity index (χ2n) is 11.8. The monoisotopic (exact) mass is 597 g/mol. The number of H-pyrrole nitrogens is 1. The van der Waals surface area contributed by atoms with Crippen LogP contribution in [0.15, 0.2) is 0 Å². The summed E-state index contributed by atoms with van der Waals surface area (Å²) in [6.45, 7) is 8.32. The molecule has 1 aromatic rings. The van der Waals surface area contributed by atoms with Gasteiger partial charge in [0.05, 0.1) is 24.8 Å². The minimum atomic E-state index is -4.10. The number of hydrogen-bond donors (Lipinski definition) is 4. The molecule has 1 aromatic heterocycles. The smallest absolute Gasteiger partial charge is 0.305 e. The molecule has 2 saturated carbocycles. The molecule has 0 saturated heterocycles. The summed E-state index contributed by atoms with van der Waals surface area (Å²) >= 11 is 0. The molecule has 2 bridgehead atoms. The van der Waals surface area contributed by atoms with E-state index in [4.69, 9.17) is 0 Å². The number of Topliss-reactive ketones (excluding diaryl/α,β-unsaturated/α-hetero) is 2. The molecule has 4 N–H and O–H groups in total. The Morgan fingerprint density at radius 2 is 1.88 bits per heavy atom. The highest BCUT2D eigenvalue weighted by Gasteiger charge is 2.65. The largest absolute Gasteiger partial charge is 0.481 e. The fraction of sp³-hybridized carbons (Fsp3) is 0.760. The van der Waals surface area contributed by atoms with Gasteiger partial charge in [-0.25, -0.2) is 13.1 Å². The predicted molar refractivity (Wildman–Crippen MR) is 145 cm³/mol. The summed E-state index contributed by atoms with van der Waals surface area (Å²) in [5, 5.41) is 25.0. The standard InChI is InChI=1S/C25H39N7O8S/c1-6-32(23-28-30-31-29-23)20(35)10-16(14(2)3)22(38)27-17(11-21(36)37)18(33)12-26-41(39,40)13-25-8-7-15(9-19(25)34)24(25,4)5/h14-17,26H,6-13H2,1-5H3,(H,27,38)(H,36,37)(H,28,29,30,31). The third-order valence-corrected chi connectivity index (χ3v) is 10.3. The van der Waals surface area contributed by atoms with Crippen LogP contribution < -0.4 is 14.9 Å². The second-order valence-corrected chi connectivity index (χ2v) is 13.6. The van der Waals surface area contributed by atoms with Crippen molar-refractivity contribution in [2.45, 2.75) is 72.8 Å². The number of fused-ring (bicyclic) bond motifs is 2. The first-order valence-corrected chi connectivity index (χ1v) is 15.3. The lowest BCUT2D eigenvalue weighted by molar-refractivity contribution is -0.140. The normalized spacial score (nSPS) is 22.9. The molecule has 4 unspecified atom stereocenters. The Bertz CT molecular complexity index is 1280. The number of carbonyl (C=O) groups is 5. The molecule has 0 radical (unpaired) electrons. The van der Waals surface area contributed by atoms with Crippen molar-refractivity contribution in [2.75, 3.05) is 23.7 Å². The summed E-state index contributed by atoms with van der Waals surface area (Å²) in [7, 11) is -4.10. The van der Waals surface area contributed by atoms with Crippen LogP contribution in [0.25, 0.3) is 0 Å². The van der Waals surface area contributed by atoms with E-state index < -0.39 is 75.1 Å². The van der Waals surface area contributed by atoms with Gasteiger partial charge >= 0.3 is 5.97 Å². The van der Waals surface area contributed by atoms with E-state index in [0.29, 0.717) is 12.8 Å². The number of aliphatic carboxylic acids is 1. The van der Waals surface area contributed by atoms with E-state index in [-0.39, 0.29) is 36.5 Å². The van der Waals surface area contributed by atoms with Gasteiger partial charge in [0.25, 0.3) is 5.95 Å². The molecule has 0 aromatic carbocycles. The highest BCUT2D eigenvalue weighted by molar-refractivity contribution is 7.89. The number of carboxylic acids is 1. The molecule has 0 spiro atoms. The van der Waals surface area contributed by atoms with Gasteiger partial charge in [-0.3, -0.25) is 28.9 Å². The molecular weight excluding hydrogens is 558 g/mol. The average molecular weight is 598 g/mol. The molecule has 3 rings (SSSR count). The van der Waals surface area contributed by atoms with Crippen LogP contribution in [-0.4, -0.2) is 88.4 Å². The number of aromatic amines is 1. The summed E-state index contributed by atoms with van der Waals surface area (Å²) < 4.78 is 28.2. The van der Waals surface area contributed by atoms with Crippen molar-refractivity contribution < 1.29 is 37.5 Å². The molecule has 2 aliphatic carbocycles. The van der Waals surface area contributed by atoms with Crippen molar-refractivity contribution in [1.29, 1.82) is 0 Å². The van der Waals surface area contributed by atoms with Gasteiger partial charge in [-0.05, 0) is 42.2 Å². The quantitative estimate of drug-likeness (QED) is 0.212. The number of nitrogens with one attached hydrogen (secondary N) is 3. The van der Waals surface area contributed by atoms with Gasteiger partial charge in [0.15, 0.2) is 5.78 Å². The summed E-state index contributed by atoms with van der Waals surface area (Å²) in [4.78, 5) is 64.6. The van der Waals surface area contributed by atoms with Crippen molar-refractivity contribution in [3.63, 3.8) is 0 Å². The lowest BCUT2D eigenvalue weighted by Crippen LogP contribution is -2.51. The lowest BCUT2D eigenvalue weighted by atomic mass is 9.70. The van der Waals surface area contributed by atoms with Crippen molar-refractivity contribution in [1.82, 2.24) is 30.7 Å². The van der Waals surface area contributed by atoms with Gasteiger partial charge in [0.2, 0.25) is 21.8 Å². The van der Waals surface area contributed by atoms with Crippen molar-refractivity contribution in [3.8, 4) is 0 Å². The molecule has 2 aliphatic rings. The van der Waals surface area contributed by atoms with E-state index in [9.17, 15) is 37.5 Å². The van der Waals surface area contributed by atoms with Crippen molar-refractivity contribution >= 4 is 45.3 Å². The Morgan fingerprint density at radius 1 is 1.20 bits per heavy atom. The lowest BCUT2D eigenvalue weighted by Gasteiger charge is -2.36. The molecule has 0 aliphatic heterocycles. The fourth-order valence-electron chi connectivity index (χ4n) is 6.12. The molecular formula is C25H39N7O8S. The molecule has 4 atom stereocenters. The van der Waals surface area contributed by atoms with E-state index in [1.165, 1.54) is 4.90 Å². The number of aromatic nitrogens is 4. The minimum Gasteiger partial charge on any atom is -0.481 e. The van der Waals surface area contributed by atoms with Gasteiger partial charge in [0, 0.05) is 30.7 Å². The number of carboxylic acid groups (broad SMARTS) is 1. The molecule has 228 valence electrons. The van der Waals surface area contributed by atoms with Gasteiger partial charge in [0.1, 0.15) is 5.78 Å². The van der Waals surface area contributed by atoms with E-state index >= 15 is 0 Å². The van der Waals surface area contributed by atoms with Crippen LogP contribution in [0.4, 0.5) is 5.95 Å². The van der Waals surface area contributed by atoms with E-state index in [1.807, 2.05) is 13.8 Å². The SMILES string of the molecule is CCN(C(=O)CC(C(=O)NC(CC(=O)O)C(=O)CNS(=O)(=O)CC12CCC(CC1=O)C2(C)C)C(C)C)c1nn[nH]n1. The van der Waals surface area contributed by atoms with Gasteiger partial charge < -0.3 is 10.4 Å². The Morgan fingerprint density at radius 3 is 2.37 bits per heavy atom. The maximum Gasteiger partial charge on any atom is 0.305 e. The highest BCUT2D eigenvalue weighted by atomic mass is 32.2. The number of hydrogen-bond acceptors (Lipinski definition) is 10. The first kappa shape index (κ1) is 32.2. The van der Waals surface area contributed by atoms with Crippen LogP contribution in [0, 0.1) is 28.6 Å². The number of carbonyl (C=O) groups excluding carboxylic acids is 4. The predicted octanol–water partition coefficient (Wildman–Crippen LogP) is 0.0583. The maximum atomic E-state index is 13.2. The molecule has 2 amide bonds. The van der Waals surface area contributed by atoms with Crippen LogP contribution in [0.5, 0.6) is 0 Å². The number of nitrogens with zero attached hydrogens (tertiary/aromatic N) is 4. The van der Waals surface area contributed by atoms with Crippen LogP contribution >= 0.6 is 0 Å². The molecule has 2 fully saturated rings. The Balaban J connectivity index is 1.67. The number of tetrazole rings is 1. The Hall–Kier alpha value is -3.27. The van der Waals surface area contributed by atoms with Crippen LogP contribution in [-0.2, 0) is 34.0 Å². The van der Waals surface area contributed by atoms with Gasteiger partial charge in [-0.15, -0.1) is 5.10 Å². The highest BCUT2D eigenvalue weighted by Crippen LogP contribution is 2.64. The number of amides is 2. The molecule has 41 heavy (non-hydrogen) atoms. The maximum absolute atomic E-state index is 13.2.